The first-order valence-corrected chi connectivity index (χ1v) is 4.71. The zero-order valence-corrected chi connectivity index (χ0v) is 6.11. The van der Waals surface area contributed by atoms with Crippen LogP contribution in [0.2, 0.25) is 0 Å². The van der Waals surface area contributed by atoms with Gasteiger partial charge in [-0.25, -0.2) is 4.21 Å². The molecular formula is C5H9NO2S. The molecule has 0 aromatic heterocycles. The highest BCUT2D eigenvalue weighted by molar-refractivity contribution is 7.95. The molecule has 0 spiro atoms. The van der Waals surface area contributed by atoms with Crippen LogP contribution in [0.4, 0.5) is 0 Å². The van der Waals surface area contributed by atoms with E-state index in [-0.39, 0.29) is 5.91 Å². The zero-order valence-electron chi connectivity index (χ0n) is 5.29. The minimum Gasteiger partial charge on any atom is -0.272 e. The van der Waals surface area contributed by atoms with Gasteiger partial charge < -0.3 is 0 Å². The molecule has 1 rings (SSSR count). The fourth-order valence-corrected chi connectivity index (χ4v) is 2.15. The van der Waals surface area contributed by atoms with E-state index >= 15 is 0 Å². The number of carbonyl (C=O) groups is 1. The molecule has 1 amide bonds. The second-order valence-electron chi connectivity index (χ2n) is 2.14. The summed E-state index contributed by atoms with van der Waals surface area (Å²) in [5.74, 6) is 0.929. The number of carbonyl (C=O) groups excluding carboxylic acids is 1. The van der Waals surface area contributed by atoms with Crippen LogP contribution in [0.25, 0.3) is 0 Å². The number of hydrogen-bond acceptors (Lipinski definition) is 2. The fraction of sp³-hybridized carbons (Fsp3) is 0.800. The predicted molar refractivity (Wildman–Crippen MR) is 35.6 cm³/mol. The summed E-state index contributed by atoms with van der Waals surface area (Å²) in [6.45, 7) is 1.34. The standard InChI is InChI=1S/C5H9NO2S/c1-5(7)6-9(8)3-2-4-9/h2-4H2,1H3. The van der Waals surface area contributed by atoms with Gasteiger partial charge in [0.05, 0.1) is 9.73 Å². The minimum absolute atomic E-state index is 0.306. The molecule has 3 nitrogen and oxygen atoms in total. The van der Waals surface area contributed by atoms with Gasteiger partial charge in [-0.1, -0.05) is 0 Å². The SMILES string of the molecule is CC(=O)N=S1(=O)CCC1. The molecule has 0 atom stereocenters. The summed E-state index contributed by atoms with van der Waals surface area (Å²) < 4.78 is 14.6. The average molecular weight is 147 g/mol. The third kappa shape index (κ3) is 1.51. The van der Waals surface area contributed by atoms with Gasteiger partial charge in [0.2, 0.25) is 0 Å². The molecular weight excluding hydrogens is 138 g/mol. The van der Waals surface area contributed by atoms with Crippen LogP contribution in [-0.4, -0.2) is 21.6 Å². The van der Waals surface area contributed by atoms with Crippen LogP contribution in [0.15, 0.2) is 4.36 Å². The van der Waals surface area contributed by atoms with Gasteiger partial charge >= 0.3 is 0 Å². The highest BCUT2D eigenvalue weighted by atomic mass is 32.2. The Morgan fingerprint density at radius 3 is 2.22 bits per heavy atom. The van der Waals surface area contributed by atoms with Crippen LogP contribution in [0.3, 0.4) is 0 Å². The molecule has 0 N–H and O–H groups in total. The summed E-state index contributed by atoms with van der Waals surface area (Å²) in [6.07, 6.45) is 0.954. The maximum atomic E-state index is 11.1. The summed E-state index contributed by atoms with van der Waals surface area (Å²) in [5.41, 5.74) is 0. The molecule has 1 saturated heterocycles. The molecule has 1 fully saturated rings. The second-order valence-corrected chi connectivity index (χ2v) is 4.69. The summed E-state index contributed by atoms with van der Waals surface area (Å²) in [4.78, 5) is 10.3. The number of hydrogen-bond donors (Lipinski definition) is 0. The van der Waals surface area contributed by atoms with Gasteiger partial charge in [-0.05, 0) is 6.42 Å². The van der Waals surface area contributed by atoms with E-state index in [9.17, 15) is 9.00 Å². The van der Waals surface area contributed by atoms with E-state index in [2.05, 4.69) is 4.36 Å². The summed E-state index contributed by atoms with van der Waals surface area (Å²) in [7, 11) is -2.01. The van der Waals surface area contributed by atoms with Gasteiger partial charge in [0.15, 0.2) is 0 Å². The molecule has 4 heteroatoms. The van der Waals surface area contributed by atoms with Crippen molar-refractivity contribution in [2.45, 2.75) is 13.3 Å². The predicted octanol–water partition coefficient (Wildman–Crippen LogP) is 0.405. The van der Waals surface area contributed by atoms with E-state index in [1.807, 2.05) is 0 Å². The number of nitrogens with zero attached hydrogens (tertiary/aromatic N) is 1. The smallest absolute Gasteiger partial charge is 0.250 e. The lowest BCUT2D eigenvalue weighted by molar-refractivity contribution is -0.115. The van der Waals surface area contributed by atoms with Crippen LogP contribution in [0.1, 0.15) is 13.3 Å². The molecule has 0 radical (unpaired) electrons. The number of rotatable bonds is 0. The maximum absolute atomic E-state index is 11.1. The van der Waals surface area contributed by atoms with Gasteiger partial charge in [0.1, 0.15) is 0 Å². The Kier molecular flexibility index (Phi) is 1.57. The molecule has 52 valence electrons. The monoisotopic (exact) mass is 147 g/mol. The Hall–Kier alpha value is -0.380. The second kappa shape index (κ2) is 2.10. The maximum Gasteiger partial charge on any atom is 0.250 e. The largest absolute Gasteiger partial charge is 0.272 e. The fourth-order valence-electron chi connectivity index (χ4n) is 0.717. The Labute approximate surface area is 54.6 Å². The van der Waals surface area contributed by atoms with Gasteiger partial charge in [-0.2, -0.15) is 4.36 Å². The Bertz CT molecular complexity index is 227. The van der Waals surface area contributed by atoms with E-state index < -0.39 is 9.73 Å². The van der Waals surface area contributed by atoms with E-state index in [0.29, 0.717) is 11.5 Å². The Morgan fingerprint density at radius 2 is 2.11 bits per heavy atom. The molecule has 1 aliphatic heterocycles. The van der Waals surface area contributed by atoms with Crippen molar-refractivity contribution >= 4 is 15.6 Å². The summed E-state index contributed by atoms with van der Waals surface area (Å²) >= 11 is 0. The number of amides is 1. The van der Waals surface area contributed by atoms with Gasteiger partial charge in [0, 0.05) is 18.4 Å². The summed E-state index contributed by atoms with van der Waals surface area (Å²) in [6, 6.07) is 0. The lowest BCUT2D eigenvalue weighted by Gasteiger charge is -2.16. The van der Waals surface area contributed by atoms with Crippen molar-refractivity contribution in [1.82, 2.24) is 0 Å². The van der Waals surface area contributed by atoms with Crippen molar-refractivity contribution in [3.8, 4) is 0 Å². The first kappa shape index (κ1) is 6.74. The molecule has 9 heavy (non-hydrogen) atoms. The highest BCUT2D eigenvalue weighted by Gasteiger charge is 2.19. The van der Waals surface area contributed by atoms with Crippen LogP contribution in [-0.2, 0) is 14.5 Å². The van der Waals surface area contributed by atoms with E-state index in [1.165, 1.54) is 6.92 Å². The molecule has 0 bridgehead atoms. The summed E-state index contributed by atoms with van der Waals surface area (Å²) in [5, 5.41) is 0. The zero-order chi connectivity index (χ0) is 6.91. The van der Waals surface area contributed by atoms with E-state index in [0.717, 1.165) is 6.42 Å². The molecule has 0 aromatic rings. The van der Waals surface area contributed by atoms with Crippen molar-refractivity contribution in [1.29, 1.82) is 0 Å². The first-order valence-electron chi connectivity index (χ1n) is 2.85. The van der Waals surface area contributed by atoms with Crippen LogP contribution in [0.5, 0.6) is 0 Å². The topological polar surface area (TPSA) is 46.5 Å². The average Bonchev–Trinajstić information content (AvgIpc) is 1.60. The Morgan fingerprint density at radius 1 is 1.56 bits per heavy atom. The van der Waals surface area contributed by atoms with Crippen LogP contribution >= 0.6 is 0 Å². The van der Waals surface area contributed by atoms with Crippen molar-refractivity contribution in [3.63, 3.8) is 0 Å². The lowest BCUT2D eigenvalue weighted by Crippen LogP contribution is -2.24. The molecule has 0 aliphatic carbocycles. The molecule has 1 heterocycles. The lowest BCUT2D eigenvalue weighted by atomic mass is 10.5. The van der Waals surface area contributed by atoms with Crippen molar-refractivity contribution in [2.24, 2.45) is 4.36 Å². The Balaban J connectivity index is 2.81. The van der Waals surface area contributed by atoms with E-state index in [4.69, 9.17) is 0 Å². The molecule has 0 saturated carbocycles. The van der Waals surface area contributed by atoms with Gasteiger partial charge in [-0.3, -0.25) is 4.79 Å². The van der Waals surface area contributed by atoms with E-state index in [1.54, 1.807) is 0 Å². The quantitative estimate of drug-likeness (QED) is 0.498. The van der Waals surface area contributed by atoms with Gasteiger partial charge in [-0.15, -0.1) is 0 Å². The molecule has 0 aromatic carbocycles. The third-order valence-electron chi connectivity index (χ3n) is 1.22. The van der Waals surface area contributed by atoms with Crippen LogP contribution < -0.4 is 0 Å². The molecule has 1 aliphatic rings. The first-order chi connectivity index (χ1) is 4.12. The van der Waals surface area contributed by atoms with Crippen molar-refractivity contribution < 1.29 is 9.00 Å². The van der Waals surface area contributed by atoms with Crippen LogP contribution in [0, 0.1) is 0 Å². The highest BCUT2D eigenvalue weighted by Crippen LogP contribution is 2.12. The van der Waals surface area contributed by atoms with Crippen molar-refractivity contribution in [2.75, 3.05) is 11.5 Å². The van der Waals surface area contributed by atoms with Gasteiger partial charge in [0.25, 0.3) is 5.91 Å². The molecule has 0 unspecified atom stereocenters. The third-order valence-corrected chi connectivity index (χ3v) is 3.66. The van der Waals surface area contributed by atoms with Crippen molar-refractivity contribution in [3.05, 3.63) is 0 Å². The minimum atomic E-state index is -2.01. The normalized spacial score (nSPS) is 22.3.